The molecule has 2 aromatic carbocycles. The van der Waals surface area contributed by atoms with Gasteiger partial charge >= 0.3 is 0 Å². The first-order valence-corrected chi connectivity index (χ1v) is 8.06. The van der Waals surface area contributed by atoms with Crippen LogP contribution < -0.4 is 4.72 Å². The lowest BCUT2D eigenvalue weighted by Crippen LogP contribution is -2.13. The Morgan fingerprint density at radius 3 is 2.53 bits per heavy atom. The average molecular weight is 412 g/mol. The molecule has 0 fully saturated rings. The molecule has 100 valence electrons. The zero-order chi connectivity index (χ0) is 14.0. The largest absolute Gasteiger partial charge is 0.279 e. The van der Waals surface area contributed by atoms with Crippen molar-refractivity contribution in [1.82, 2.24) is 0 Å². The summed E-state index contributed by atoms with van der Waals surface area (Å²) in [5.41, 5.74) is 0.321. The third-order valence-corrected chi connectivity index (χ3v) is 4.77. The van der Waals surface area contributed by atoms with Crippen LogP contribution >= 0.6 is 34.2 Å². The van der Waals surface area contributed by atoms with Crippen molar-refractivity contribution in [2.24, 2.45) is 0 Å². The first-order valence-electron chi connectivity index (χ1n) is 5.12. The predicted molar refractivity (Wildman–Crippen MR) is 81.4 cm³/mol. The van der Waals surface area contributed by atoms with Gasteiger partial charge in [0.25, 0.3) is 10.0 Å². The van der Waals surface area contributed by atoms with Crippen LogP contribution in [0.15, 0.2) is 47.4 Å². The van der Waals surface area contributed by atoms with Crippen LogP contribution in [0.4, 0.5) is 10.1 Å². The summed E-state index contributed by atoms with van der Waals surface area (Å²) in [6, 6.07) is 9.73. The van der Waals surface area contributed by atoms with Crippen LogP contribution in [0.25, 0.3) is 0 Å². The molecular weight excluding hydrogens is 404 g/mol. The van der Waals surface area contributed by atoms with E-state index in [1.807, 2.05) is 22.6 Å². The number of hydrogen-bond acceptors (Lipinski definition) is 2. The molecule has 7 heteroatoms. The minimum absolute atomic E-state index is 0.0557. The zero-order valence-corrected chi connectivity index (χ0v) is 13.1. The maximum Gasteiger partial charge on any atom is 0.261 e. The molecule has 0 unspecified atom stereocenters. The van der Waals surface area contributed by atoms with Crippen molar-refractivity contribution in [3.05, 3.63) is 56.9 Å². The van der Waals surface area contributed by atoms with Gasteiger partial charge in [0.1, 0.15) is 5.82 Å². The molecule has 0 aliphatic rings. The van der Waals surface area contributed by atoms with Crippen molar-refractivity contribution < 1.29 is 12.8 Å². The number of hydrogen-bond donors (Lipinski definition) is 1. The number of halogens is 3. The Hall–Kier alpha value is -0.860. The van der Waals surface area contributed by atoms with E-state index in [2.05, 4.69) is 4.72 Å². The number of rotatable bonds is 3. The van der Waals surface area contributed by atoms with E-state index in [1.165, 1.54) is 30.3 Å². The number of sulfonamides is 1. The van der Waals surface area contributed by atoms with Crippen LogP contribution in [0.1, 0.15) is 0 Å². The quantitative estimate of drug-likeness (QED) is 0.779. The predicted octanol–water partition coefficient (Wildman–Crippen LogP) is 3.88. The summed E-state index contributed by atoms with van der Waals surface area (Å²) < 4.78 is 40.1. The summed E-state index contributed by atoms with van der Waals surface area (Å²) in [7, 11) is -3.73. The van der Waals surface area contributed by atoms with E-state index in [-0.39, 0.29) is 4.90 Å². The summed E-state index contributed by atoms with van der Waals surface area (Å²) in [5.74, 6) is -0.421. The lowest BCUT2D eigenvalue weighted by Gasteiger charge is -2.10. The number of benzene rings is 2. The summed E-state index contributed by atoms with van der Waals surface area (Å²) in [6.07, 6.45) is 0. The van der Waals surface area contributed by atoms with E-state index in [0.717, 1.165) is 0 Å². The van der Waals surface area contributed by atoms with Gasteiger partial charge in [0.2, 0.25) is 0 Å². The normalized spacial score (nSPS) is 11.3. The Labute approximate surface area is 129 Å². The van der Waals surface area contributed by atoms with Gasteiger partial charge in [-0.15, -0.1) is 0 Å². The third kappa shape index (κ3) is 3.58. The van der Waals surface area contributed by atoms with E-state index >= 15 is 0 Å². The van der Waals surface area contributed by atoms with Gasteiger partial charge in [0.05, 0.1) is 10.6 Å². The van der Waals surface area contributed by atoms with Crippen molar-refractivity contribution in [3.63, 3.8) is 0 Å². The van der Waals surface area contributed by atoms with E-state index in [9.17, 15) is 12.8 Å². The van der Waals surface area contributed by atoms with Crippen molar-refractivity contribution in [2.45, 2.75) is 4.90 Å². The molecule has 0 saturated carbocycles. The molecule has 0 aliphatic carbocycles. The van der Waals surface area contributed by atoms with E-state index < -0.39 is 15.8 Å². The Morgan fingerprint density at radius 2 is 1.89 bits per heavy atom. The highest BCUT2D eigenvalue weighted by Crippen LogP contribution is 2.23. The van der Waals surface area contributed by atoms with Crippen molar-refractivity contribution in [2.75, 3.05) is 4.72 Å². The molecule has 19 heavy (non-hydrogen) atoms. The molecule has 2 rings (SSSR count). The molecule has 2 aromatic rings. The van der Waals surface area contributed by atoms with Gasteiger partial charge < -0.3 is 0 Å². The Kier molecular flexibility index (Phi) is 4.32. The molecule has 0 amide bonds. The topological polar surface area (TPSA) is 46.2 Å². The molecule has 0 aromatic heterocycles. The maximum absolute atomic E-state index is 13.0. The minimum atomic E-state index is -3.73. The second-order valence-corrected chi connectivity index (χ2v) is 6.97. The molecule has 3 nitrogen and oxygen atoms in total. The fraction of sp³-hybridized carbons (Fsp3) is 0. The fourth-order valence-corrected chi connectivity index (χ4v) is 3.59. The summed E-state index contributed by atoms with van der Waals surface area (Å²) in [5, 5.41) is 0.330. The number of nitrogens with one attached hydrogen (secondary N) is 1. The Morgan fingerprint density at radius 1 is 1.16 bits per heavy atom. The average Bonchev–Trinajstić information content (AvgIpc) is 2.33. The molecular formula is C12H8ClFINO2S. The lowest BCUT2D eigenvalue weighted by atomic mass is 10.3. The van der Waals surface area contributed by atoms with Gasteiger partial charge in [-0.2, -0.15) is 0 Å². The monoisotopic (exact) mass is 411 g/mol. The molecule has 0 bridgehead atoms. The van der Waals surface area contributed by atoms with Crippen molar-refractivity contribution in [1.29, 1.82) is 0 Å². The van der Waals surface area contributed by atoms with Gasteiger partial charge in [0.15, 0.2) is 0 Å². The van der Waals surface area contributed by atoms with Crippen LogP contribution in [0.3, 0.4) is 0 Å². The van der Waals surface area contributed by atoms with E-state index in [4.69, 9.17) is 11.6 Å². The highest BCUT2D eigenvalue weighted by Gasteiger charge is 2.16. The molecule has 0 aliphatic heterocycles. The van der Waals surface area contributed by atoms with Crippen LogP contribution in [-0.4, -0.2) is 8.42 Å². The minimum Gasteiger partial charge on any atom is -0.279 e. The molecule has 0 spiro atoms. The molecule has 0 saturated heterocycles. The first-order chi connectivity index (χ1) is 8.88. The van der Waals surface area contributed by atoms with Gasteiger partial charge in [-0.05, 0) is 59.0 Å². The molecule has 0 radical (unpaired) electrons. The lowest BCUT2D eigenvalue weighted by molar-refractivity contribution is 0.601. The van der Waals surface area contributed by atoms with Crippen molar-refractivity contribution >= 4 is 49.9 Å². The fourth-order valence-electron chi connectivity index (χ4n) is 1.41. The Balaban J connectivity index is 2.36. The van der Waals surface area contributed by atoms with Gasteiger partial charge in [0, 0.05) is 8.59 Å². The van der Waals surface area contributed by atoms with E-state index in [0.29, 0.717) is 14.3 Å². The summed E-state index contributed by atoms with van der Waals surface area (Å²) in [4.78, 5) is 0.0557. The van der Waals surface area contributed by atoms with Crippen LogP contribution in [0, 0.1) is 9.39 Å². The third-order valence-electron chi connectivity index (χ3n) is 2.28. The SMILES string of the molecule is O=S(=O)(Nc1ccc(F)cc1I)c1cccc(Cl)c1. The van der Waals surface area contributed by atoms with Crippen LogP contribution in [0.5, 0.6) is 0 Å². The van der Waals surface area contributed by atoms with Gasteiger partial charge in [-0.25, -0.2) is 12.8 Å². The molecule has 0 heterocycles. The second-order valence-electron chi connectivity index (χ2n) is 3.69. The Bertz CT molecular complexity index is 721. The maximum atomic E-state index is 13.0. The van der Waals surface area contributed by atoms with Gasteiger partial charge in [-0.3, -0.25) is 4.72 Å². The first kappa shape index (κ1) is 14.5. The smallest absolute Gasteiger partial charge is 0.261 e. The molecule has 0 atom stereocenters. The zero-order valence-electron chi connectivity index (χ0n) is 9.40. The van der Waals surface area contributed by atoms with Crippen LogP contribution in [0.2, 0.25) is 5.02 Å². The summed E-state index contributed by atoms with van der Waals surface area (Å²) >= 11 is 7.62. The second kappa shape index (κ2) is 5.64. The number of anilines is 1. The highest BCUT2D eigenvalue weighted by molar-refractivity contribution is 14.1. The van der Waals surface area contributed by atoms with Gasteiger partial charge in [-0.1, -0.05) is 17.7 Å². The standard InChI is InChI=1S/C12H8ClFINO2S/c13-8-2-1-3-10(6-8)19(17,18)16-12-5-4-9(14)7-11(12)15/h1-7,16H. The van der Waals surface area contributed by atoms with Crippen LogP contribution in [-0.2, 0) is 10.0 Å². The van der Waals surface area contributed by atoms with Crippen molar-refractivity contribution in [3.8, 4) is 0 Å². The molecule has 1 N–H and O–H groups in total. The van der Waals surface area contributed by atoms with E-state index in [1.54, 1.807) is 12.1 Å². The highest BCUT2D eigenvalue weighted by atomic mass is 127. The summed E-state index contributed by atoms with van der Waals surface area (Å²) in [6.45, 7) is 0.